The first-order valence-corrected chi connectivity index (χ1v) is 11.2. The fourth-order valence-corrected chi connectivity index (χ4v) is 4.21. The van der Waals surface area contributed by atoms with Crippen LogP contribution < -0.4 is 14.8 Å². The van der Waals surface area contributed by atoms with Crippen LogP contribution in [0.25, 0.3) is 11.3 Å². The largest absolute Gasteiger partial charge is 0.493 e. The second-order valence-corrected chi connectivity index (χ2v) is 9.13. The number of methoxy groups -OCH3 is 2. The Morgan fingerprint density at radius 1 is 1.07 bits per heavy atom. The lowest BCUT2D eigenvalue weighted by Gasteiger charge is -2.08. The molecule has 7 nitrogen and oxygen atoms in total. The minimum atomic E-state index is -3.30. The summed E-state index contributed by atoms with van der Waals surface area (Å²) in [6.07, 6.45) is 0. The van der Waals surface area contributed by atoms with E-state index in [9.17, 15) is 13.2 Å². The zero-order chi connectivity index (χ0) is 21.0. The van der Waals surface area contributed by atoms with Crippen molar-refractivity contribution in [2.75, 3.05) is 25.3 Å². The second kappa shape index (κ2) is 8.62. The summed E-state index contributed by atoms with van der Waals surface area (Å²) in [5.74, 6) is 0.856. The summed E-state index contributed by atoms with van der Waals surface area (Å²) in [5.41, 5.74) is 1.87. The molecule has 152 valence electrons. The minimum absolute atomic E-state index is 0.0105. The fourth-order valence-electron chi connectivity index (χ4n) is 2.61. The number of nitrogens with one attached hydrogen (secondary N) is 1. The molecule has 0 aliphatic rings. The second-order valence-electron chi connectivity index (χ2n) is 5.99. The van der Waals surface area contributed by atoms with E-state index in [0.717, 1.165) is 5.56 Å². The third kappa shape index (κ3) is 4.57. The van der Waals surface area contributed by atoms with E-state index < -0.39 is 9.84 Å². The van der Waals surface area contributed by atoms with Crippen LogP contribution in [0.1, 0.15) is 17.3 Å². The van der Waals surface area contributed by atoms with Crippen LogP contribution in [-0.2, 0) is 9.84 Å². The number of hydrogen-bond donors (Lipinski definition) is 1. The van der Waals surface area contributed by atoms with Crippen molar-refractivity contribution in [1.82, 2.24) is 4.98 Å². The van der Waals surface area contributed by atoms with Gasteiger partial charge in [0, 0.05) is 16.5 Å². The van der Waals surface area contributed by atoms with Crippen molar-refractivity contribution in [3.63, 3.8) is 0 Å². The lowest BCUT2D eigenvalue weighted by molar-refractivity contribution is 0.102. The average molecular weight is 433 g/mol. The van der Waals surface area contributed by atoms with Gasteiger partial charge in [-0.2, -0.15) is 0 Å². The van der Waals surface area contributed by atoms with Crippen LogP contribution in [0.4, 0.5) is 5.13 Å². The summed E-state index contributed by atoms with van der Waals surface area (Å²) in [6, 6.07) is 11.3. The van der Waals surface area contributed by atoms with E-state index in [0.29, 0.717) is 27.9 Å². The first kappa shape index (κ1) is 20.8. The summed E-state index contributed by atoms with van der Waals surface area (Å²) in [6.45, 7) is 1.58. The molecule has 0 spiro atoms. The molecule has 0 atom stereocenters. The number of anilines is 1. The first-order chi connectivity index (χ1) is 13.9. The average Bonchev–Trinajstić information content (AvgIpc) is 3.21. The number of thiazole rings is 1. The van der Waals surface area contributed by atoms with Gasteiger partial charge < -0.3 is 9.47 Å². The Morgan fingerprint density at radius 2 is 1.76 bits per heavy atom. The number of benzene rings is 2. The lowest BCUT2D eigenvalue weighted by Crippen LogP contribution is -2.12. The van der Waals surface area contributed by atoms with E-state index in [2.05, 4.69) is 10.3 Å². The number of sulfone groups is 1. The number of amides is 1. The molecule has 3 aromatic rings. The molecular formula is C20H20N2O5S2. The predicted octanol–water partition coefficient (Wildman–Crippen LogP) is 3.87. The van der Waals surface area contributed by atoms with Crippen molar-refractivity contribution in [3.05, 3.63) is 53.4 Å². The molecule has 1 heterocycles. The van der Waals surface area contributed by atoms with Crippen LogP contribution in [0.3, 0.4) is 0 Å². The van der Waals surface area contributed by atoms with Gasteiger partial charge in [-0.15, -0.1) is 11.3 Å². The van der Waals surface area contributed by atoms with E-state index in [1.807, 2.05) is 17.5 Å². The van der Waals surface area contributed by atoms with Gasteiger partial charge in [-0.05, 0) is 42.5 Å². The topological polar surface area (TPSA) is 94.6 Å². The Labute approximate surface area is 173 Å². The maximum atomic E-state index is 12.4. The van der Waals surface area contributed by atoms with E-state index >= 15 is 0 Å². The van der Waals surface area contributed by atoms with Crippen molar-refractivity contribution in [2.24, 2.45) is 0 Å². The van der Waals surface area contributed by atoms with Crippen molar-refractivity contribution >= 4 is 32.2 Å². The van der Waals surface area contributed by atoms with E-state index in [1.165, 1.54) is 35.6 Å². The SMILES string of the molecule is CCS(=O)(=O)c1ccc(C(=O)Nc2nc(-c3ccc(OC)c(OC)c3)cs2)cc1. The van der Waals surface area contributed by atoms with Gasteiger partial charge in [0.05, 0.1) is 30.6 Å². The molecule has 0 unspecified atom stereocenters. The van der Waals surface area contributed by atoms with Crippen molar-refractivity contribution in [1.29, 1.82) is 0 Å². The zero-order valence-electron chi connectivity index (χ0n) is 16.1. The van der Waals surface area contributed by atoms with Crippen molar-refractivity contribution in [2.45, 2.75) is 11.8 Å². The van der Waals surface area contributed by atoms with Crippen molar-refractivity contribution in [3.8, 4) is 22.8 Å². The molecule has 1 amide bonds. The highest BCUT2D eigenvalue weighted by Gasteiger charge is 2.15. The summed E-state index contributed by atoms with van der Waals surface area (Å²) >= 11 is 1.29. The number of ether oxygens (including phenoxy) is 2. The molecule has 9 heteroatoms. The van der Waals surface area contributed by atoms with Gasteiger partial charge in [-0.1, -0.05) is 6.92 Å². The number of carbonyl (C=O) groups excluding carboxylic acids is 1. The summed E-state index contributed by atoms with van der Waals surface area (Å²) < 4.78 is 34.3. The van der Waals surface area contributed by atoms with Crippen LogP contribution in [-0.4, -0.2) is 39.3 Å². The minimum Gasteiger partial charge on any atom is -0.493 e. The van der Waals surface area contributed by atoms with Gasteiger partial charge in [0.15, 0.2) is 26.5 Å². The number of rotatable bonds is 7. The van der Waals surface area contributed by atoms with E-state index in [4.69, 9.17) is 9.47 Å². The number of hydrogen-bond acceptors (Lipinski definition) is 7. The maximum Gasteiger partial charge on any atom is 0.257 e. The van der Waals surface area contributed by atoms with Crippen LogP contribution >= 0.6 is 11.3 Å². The van der Waals surface area contributed by atoms with Gasteiger partial charge in [0.1, 0.15) is 0 Å². The van der Waals surface area contributed by atoms with Gasteiger partial charge >= 0.3 is 0 Å². The third-order valence-electron chi connectivity index (χ3n) is 4.26. The quantitative estimate of drug-likeness (QED) is 0.609. The molecule has 1 aromatic heterocycles. The smallest absolute Gasteiger partial charge is 0.257 e. The van der Waals surface area contributed by atoms with Gasteiger partial charge in [0.25, 0.3) is 5.91 Å². The number of nitrogens with zero attached hydrogens (tertiary/aromatic N) is 1. The Balaban J connectivity index is 1.75. The molecule has 3 rings (SSSR count). The molecular weight excluding hydrogens is 412 g/mol. The zero-order valence-corrected chi connectivity index (χ0v) is 17.8. The first-order valence-electron chi connectivity index (χ1n) is 8.70. The summed E-state index contributed by atoms with van der Waals surface area (Å²) in [7, 11) is -0.170. The number of carbonyl (C=O) groups is 1. The highest BCUT2D eigenvalue weighted by atomic mass is 32.2. The Bertz CT molecular complexity index is 1120. The molecule has 0 fully saturated rings. The molecule has 0 saturated carbocycles. The predicted molar refractivity (Wildman–Crippen MR) is 113 cm³/mol. The molecule has 1 N–H and O–H groups in total. The van der Waals surface area contributed by atoms with E-state index in [1.54, 1.807) is 27.2 Å². The molecule has 0 aliphatic carbocycles. The molecule has 2 aromatic carbocycles. The Kier molecular flexibility index (Phi) is 6.19. The van der Waals surface area contributed by atoms with Crippen LogP contribution in [0, 0.1) is 0 Å². The standard InChI is InChI=1S/C20H20N2O5S2/c1-4-29(24,25)15-8-5-13(6-9-15)19(23)22-20-21-16(12-28-20)14-7-10-17(26-2)18(11-14)27-3/h5-12H,4H2,1-3H3,(H,21,22,23). The molecule has 29 heavy (non-hydrogen) atoms. The number of aromatic nitrogens is 1. The van der Waals surface area contributed by atoms with Crippen LogP contribution in [0.15, 0.2) is 52.7 Å². The van der Waals surface area contributed by atoms with Crippen LogP contribution in [0.2, 0.25) is 0 Å². The maximum absolute atomic E-state index is 12.4. The van der Waals surface area contributed by atoms with Crippen molar-refractivity contribution < 1.29 is 22.7 Å². The van der Waals surface area contributed by atoms with Gasteiger partial charge in [-0.3, -0.25) is 10.1 Å². The monoisotopic (exact) mass is 432 g/mol. The van der Waals surface area contributed by atoms with E-state index in [-0.39, 0.29) is 16.6 Å². The highest BCUT2D eigenvalue weighted by Crippen LogP contribution is 2.33. The molecule has 0 saturated heterocycles. The van der Waals surface area contributed by atoms with Gasteiger partial charge in [-0.25, -0.2) is 13.4 Å². The molecule has 0 aliphatic heterocycles. The Hall–Kier alpha value is -2.91. The lowest BCUT2D eigenvalue weighted by atomic mass is 10.1. The molecule has 0 bridgehead atoms. The van der Waals surface area contributed by atoms with Crippen LogP contribution in [0.5, 0.6) is 11.5 Å². The Morgan fingerprint density at radius 3 is 2.38 bits per heavy atom. The normalized spacial score (nSPS) is 11.1. The summed E-state index contributed by atoms with van der Waals surface area (Å²) in [5, 5.41) is 5.00. The summed E-state index contributed by atoms with van der Waals surface area (Å²) in [4.78, 5) is 17.1. The molecule has 0 radical (unpaired) electrons. The fraction of sp³-hybridized carbons (Fsp3) is 0.200. The third-order valence-corrected chi connectivity index (χ3v) is 6.77. The highest BCUT2D eigenvalue weighted by molar-refractivity contribution is 7.91. The van der Waals surface area contributed by atoms with Gasteiger partial charge in [0.2, 0.25) is 0 Å².